The standard InChI is InChI=1S/C16H30O4/c1-3-5-7-9-11-13(15(17)18)14(16(19)20)12-10-8-6-4-2/h13-14H,3-12H2,1-2H3,(H,17,18)(H,19,20). The third kappa shape index (κ3) is 8.18. The topological polar surface area (TPSA) is 74.6 Å². The van der Waals surface area contributed by atoms with Gasteiger partial charge in [0, 0.05) is 0 Å². The monoisotopic (exact) mass is 286 g/mol. The van der Waals surface area contributed by atoms with Gasteiger partial charge in [-0.3, -0.25) is 9.59 Å². The SMILES string of the molecule is CCCCCCC(C(=O)O)C(CCCCCC)C(=O)O. The molecule has 2 unspecified atom stereocenters. The van der Waals surface area contributed by atoms with Crippen molar-refractivity contribution >= 4 is 11.9 Å². The third-order valence-electron chi connectivity index (χ3n) is 3.86. The van der Waals surface area contributed by atoms with Crippen molar-refractivity contribution in [3.63, 3.8) is 0 Å². The first-order valence-electron chi connectivity index (χ1n) is 8.00. The summed E-state index contributed by atoms with van der Waals surface area (Å²) in [5.41, 5.74) is 0. The van der Waals surface area contributed by atoms with Crippen molar-refractivity contribution in [3.05, 3.63) is 0 Å². The molecule has 0 saturated heterocycles. The van der Waals surface area contributed by atoms with Crippen molar-refractivity contribution in [2.75, 3.05) is 0 Å². The van der Waals surface area contributed by atoms with E-state index in [9.17, 15) is 19.8 Å². The molecule has 0 spiro atoms. The molecule has 0 fully saturated rings. The Morgan fingerprint density at radius 1 is 0.700 bits per heavy atom. The first-order valence-corrected chi connectivity index (χ1v) is 8.00. The van der Waals surface area contributed by atoms with Crippen LogP contribution in [-0.2, 0) is 9.59 Å². The summed E-state index contributed by atoms with van der Waals surface area (Å²) in [6.45, 7) is 4.20. The normalized spacial score (nSPS) is 13.9. The molecular weight excluding hydrogens is 256 g/mol. The molecule has 0 aliphatic rings. The highest BCUT2D eigenvalue weighted by Crippen LogP contribution is 2.25. The van der Waals surface area contributed by atoms with Crippen LogP contribution in [0.25, 0.3) is 0 Å². The zero-order chi connectivity index (χ0) is 15.4. The Balaban J connectivity index is 4.37. The van der Waals surface area contributed by atoms with E-state index in [2.05, 4.69) is 13.8 Å². The maximum absolute atomic E-state index is 11.3. The maximum atomic E-state index is 11.3. The summed E-state index contributed by atoms with van der Waals surface area (Å²) in [6.07, 6.45) is 8.92. The van der Waals surface area contributed by atoms with Crippen LogP contribution in [0.3, 0.4) is 0 Å². The van der Waals surface area contributed by atoms with E-state index in [0.717, 1.165) is 51.4 Å². The zero-order valence-electron chi connectivity index (χ0n) is 12.9. The molecule has 0 aromatic heterocycles. The number of hydrogen-bond acceptors (Lipinski definition) is 2. The number of carboxylic acids is 2. The minimum atomic E-state index is -0.954. The van der Waals surface area contributed by atoms with Crippen LogP contribution in [0.1, 0.15) is 78.1 Å². The minimum Gasteiger partial charge on any atom is -0.481 e. The lowest BCUT2D eigenvalue weighted by Crippen LogP contribution is -2.30. The quantitative estimate of drug-likeness (QED) is 0.494. The van der Waals surface area contributed by atoms with Gasteiger partial charge in [-0.25, -0.2) is 0 Å². The average Bonchev–Trinajstić information content (AvgIpc) is 2.39. The van der Waals surface area contributed by atoms with Crippen LogP contribution in [0.15, 0.2) is 0 Å². The second-order valence-corrected chi connectivity index (χ2v) is 5.59. The van der Waals surface area contributed by atoms with E-state index in [1.54, 1.807) is 0 Å². The van der Waals surface area contributed by atoms with Gasteiger partial charge in [-0.15, -0.1) is 0 Å². The number of rotatable bonds is 13. The molecule has 0 aliphatic heterocycles. The molecule has 0 rings (SSSR count). The second-order valence-electron chi connectivity index (χ2n) is 5.59. The molecule has 20 heavy (non-hydrogen) atoms. The third-order valence-corrected chi connectivity index (χ3v) is 3.86. The van der Waals surface area contributed by atoms with E-state index in [-0.39, 0.29) is 0 Å². The number of carbonyl (C=O) groups is 2. The first-order chi connectivity index (χ1) is 9.54. The highest BCUT2D eigenvalue weighted by molar-refractivity contribution is 5.79. The molecule has 0 saturated carbocycles. The number of aliphatic carboxylic acids is 2. The molecule has 0 aromatic rings. The molecule has 0 aliphatic carbocycles. The molecule has 4 heteroatoms. The van der Waals surface area contributed by atoms with Crippen LogP contribution >= 0.6 is 0 Å². The summed E-state index contributed by atoms with van der Waals surface area (Å²) in [5, 5.41) is 18.6. The molecular formula is C16H30O4. The van der Waals surface area contributed by atoms with Gasteiger partial charge < -0.3 is 10.2 Å². The number of unbranched alkanes of at least 4 members (excludes halogenated alkanes) is 6. The number of hydrogen-bond donors (Lipinski definition) is 2. The van der Waals surface area contributed by atoms with Crippen molar-refractivity contribution in [1.82, 2.24) is 0 Å². The van der Waals surface area contributed by atoms with Crippen molar-refractivity contribution < 1.29 is 19.8 Å². The number of carboxylic acid groups (broad SMARTS) is 2. The van der Waals surface area contributed by atoms with Crippen molar-refractivity contribution in [2.24, 2.45) is 11.8 Å². The predicted molar refractivity (Wildman–Crippen MR) is 79.8 cm³/mol. The van der Waals surface area contributed by atoms with Crippen LogP contribution in [0.5, 0.6) is 0 Å². The summed E-state index contributed by atoms with van der Waals surface area (Å²) in [6, 6.07) is 0. The summed E-state index contributed by atoms with van der Waals surface area (Å²) >= 11 is 0. The molecule has 0 amide bonds. The summed E-state index contributed by atoms with van der Waals surface area (Å²) < 4.78 is 0. The Labute approximate surface area is 122 Å². The Bertz CT molecular complexity index is 248. The lowest BCUT2D eigenvalue weighted by atomic mass is 9.84. The molecule has 118 valence electrons. The van der Waals surface area contributed by atoms with Crippen molar-refractivity contribution in [3.8, 4) is 0 Å². The van der Waals surface area contributed by atoms with Crippen LogP contribution < -0.4 is 0 Å². The Morgan fingerprint density at radius 3 is 1.30 bits per heavy atom. The van der Waals surface area contributed by atoms with Crippen LogP contribution in [0.2, 0.25) is 0 Å². The van der Waals surface area contributed by atoms with Gasteiger partial charge in [0.25, 0.3) is 0 Å². The van der Waals surface area contributed by atoms with Crippen molar-refractivity contribution in [1.29, 1.82) is 0 Å². The Hall–Kier alpha value is -1.06. The van der Waals surface area contributed by atoms with Gasteiger partial charge in [0.2, 0.25) is 0 Å². The fraction of sp³-hybridized carbons (Fsp3) is 0.875. The Kier molecular flexibility index (Phi) is 11.1. The van der Waals surface area contributed by atoms with E-state index < -0.39 is 23.8 Å². The van der Waals surface area contributed by atoms with E-state index in [4.69, 9.17) is 0 Å². The molecule has 0 radical (unpaired) electrons. The average molecular weight is 286 g/mol. The maximum Gasteiger partial charge on any atom is 0.307 e. The molecule has 2 N–H and O–H groups in total. The van der Waals surface area contributed by atoms with Gasteiger partial charge in [0.15, 0.2) is 0 Å². The summed E-state index contributed by atoms with van der Waals surface area (Å²) in [4.78, 5) is 22.7. The van der Waals surface area contributed by atoms with Crippen molar-refractivity contribution in [2.45, 2.75) is 78.1 Å². The molecule has 2 atom stereocenters. The first kappa shape index (κ1) is 18.9. The Morgan fingerprint density at radius 2 is 1.05 bits per heavy atom. The molecule has 0 aromatic carbocycles. The van der Waals surface area contributed by atoms with Gasteiger partial charge in [0.05, 0.1) is 11.8 Å². The van der Waals surface area contributed by atoms with E-state index in [0.29, 0.717) is 12.8 Å². The van der Waals surface area contributed by atoms with E-state index in [1.807, 2.05) is 0 Å². The summed E-state index contributed by atoms with van der Waals surface area (Å²) in [5.74, 6) is -3.37. The van der Waals surface area contributed by atoms with Crippen LogP contribution in [0.4, 0.5) is 0 Å². The van der Waals surface area contributed by atoms with E-state index >= 15 is 0 Å². The lowest BCUT2D eigenvalue weighted by molar-refractivity contribution is -0.154. The predicted octanol–water partition coefficient (Wildman–Crippen LogP) is 4.33. The smallest absolute Gasteiger partial charge is 0.307 e. The zero-order valence-corrected chi connectivity index (χ0v) is 12.9. The highest BCUT2D eigenvalue weighted by Gasteiger charge is 2.32. The van der Waals surface area contributed by atoms with Gasteiger partial charge in [0.1, 0.15) is 0 Å². The minimum absolute atomic E-state index is 0.486. The molecule has 0 heterocycles. The largest absolute Gasteiger partial charge is 0.481 e. The van der Waals surface area contributed by atoms with Gasteiger partial charge >= 0.3 is 11.9 Å². The lowest BCUT2D eigenvalue weighted by Gasteiger charge is -2.20. The van der Waals surface area contributed by atoms with Crippen LogP contribution in [0, 0.1) is 11.8 Å². The second kappa shape index (κ2) is 11.7. The van der Waals surface area contributed by atoms with Gasteiger partial charge in [-0.2, -0.15) is 0 Å². The molecule has 4 nitrogen and oxygen atoms in total. The fourth-order valence-electron chi connectivity index (χ4n) is 2.58. The highest BCUT2D eigenvalue weighted by atomic mass is 16.4. The van der Waals surface area contributed by atoms with E-state index in [1.165, 1.54) is 0 Å². The van der Waals surface area contributed by atoms with Gasteiger partial charge in [-0.05, 0) is 12.8 Å². The fourth-order valence-corrected chi connectivity index (χ4v) is 2.58. The van der Waals surface area contributed by atoms with Crippen LogP contribution in [-0.4, -0.2) is 22.2 Å². The summed E-state index contributed by atoms with van der Waals surface area (Å²) in [7, 11) is 0. The molecule has 0 bridgehead atoms. The van der Waals surface area contributed by atoms with Gasteiger partial charge in [-0.1, -0.05) is 65.2 Å².